The number of piperidine rings is 1. The van der Waals surface area contributed by atoms with Crippen molar-refractivity contribution in [2.75, 3.05) is 13.1 Å². The molecule has 1 heterocycles. The van der Waals surface area contributed by atoms with E-state index in [1.807, 2.05) is 20.8 Å². The summed E-state index contributed by atoms with van der Waals surface area (Å²) < 4.78 is 39.9. The van der Waals surface area contributed by atoms with Gasteiger partial charge in [-0.2, -0.15) is 0 Å². The Morgan fingerprint density at radius 1 is 1.11 bits per heavy atom. The van der Waals surface area contributed by atoms with E-state index < -0.39 is 35.0 Å². The predicted molar refractivity (Wildman–Crippen MR) is 98.1 cm³/mol. The summed E-state index contributed by atoms with van der Waals surface area (Å²) in [6, 6.07) is -0.0182. The van der Waals surface area contributed by atoms with Crippen LogP contribution in [0, 0.1) is 22.9 Å². The molecule has 27 heavy (non-hydrogen) atoms. The van der Waals surface area contributed by atoms with Crippen molar-refractivity contribution in [3.05, 3.63) is 35.1 Å². The molecule has 1 atom stereocenters. The number of hydrogen-bond donors (Lipinski definition) is 2. The molecule has 0 unspecified atom stereocenters. The van der Waals surface area contributed by atoms with Crippen LogP contribution in [0.3, 0.4) is 0 Å². The van der Waals surface area contributed by atoms with Crippen molar-refractivity contribution < 1.29 is 22.8 Å². The number of likely N-dealkylation sites (tertiary alicyclic amines) is 1. The molecule has 1 aromatic rings. The zero-order valence-corrected chi connectivity index (χ0v) is 16.3. The zero-order valence-electron chi connectivity index (χ0n) is 15.5. The number of nitrogens with zero attached hydrogens (tertiary/aromatic N) is 1. The lowest BCUT2D eigenvalue weighted by Gasteiger charge is -2.36. The lowest BCUT2D eigenvalue weighted by molar-refractivity contribution is -0.136. The van der Waals surface area contributed by atoms with Gasteiger partial charge in [0.2, 0.25) is 5.91 Å². The summed E-state index contributed by atoms with van der Waals surface area (Å²) in [5.41, 5.74) is 5.09. The Balaban J connectivity index is 0.00000364. The van der Waals surface area contributed by atoms with Gasteiger partial charge in [-0.1, -0.05) is 20.8 Å². The number of halogens is 4. The number of carbonyl (C=O) groups is 2. The Bertz CT molecular complexity index is 702. The smallest absolute Gasteiger partial charge is 0.254 e. The number of nitrogens with one attached hydrogen (secondary N) is 1. The van der Waals surface area contributed by atoms with Crippen LogP contribution in [0.1, 0.15) is 44.0 Å². The van der Waals surface area contributed by atoms with Crippen LogP contribution in [0.15, 0.2) is 12.1 Å². The molecule has 9 heteroatoms. The molecular weight excluding hydrogens is 383 g/mol. The third-order valence-electron chi connectivity index (χ3n) is 4.60. The summed E-state index contributed by atoms with van der Waals surface area (Å²) in [6.07, 6.45) is 0.944. The Labute approximate surface area is 162 Å². The third-order valence-corrected chi connectivity index (χ3v) is 4.60. The average Bonchev–Trinajstić information content (AvgIpc) is 2.56. The van der Waals surface area contributed by atoms with Gasteiger partial charge in [0, 0.05) is 25.2 Å². The molecule has 0 spiro atoms. The summed E-state index contributed by atoms with van der Waals surface area (Å²) in [7, 11) is 0. The number of rotatable bonds is 3. The maximum atomic E-state index is 13.7. The highest BCUT2D eigenvalue weighted by Crippen LogP contribution is 2.21. The van der Waals surface area contributed by atoms with E-state index in [-0.39, 0.29) is 29.8 Å². The van der Waals surface area contributed by atoms with Crippen LogP contribution < -0.4 is 11.1 Å². The minimum absolute atomic E-state index is 0. The molecule has 0 aliphatic carbocycles. The molecule has 1 fully saturated rings. The van der Waals surface area contributed by atoms with Gasteiger partial charge in [-0.15, -0.1) is 12.4 Å². The topological polar surface area (TPSA) is 75.4 Å². The first kappa shape index (κ1) is 23.2. The maximum absolute atomic E-state index is 13.7. The number of hydrogen-bond acceptors (Lipinski definition) is 3. The van der Waals surface area contributed by atoms with Gasteiger partial charge in [0.15, 0.2) is 11.6 Å². The summed E-state index contributed by atoms with van der Waals surface area (Å²) in [4.78, 5) is 26.2. The molecule has 2 rings (SSSR count). The first-order valence-electron chi connectivity index (χ1n) is 8.50. The summed E-state index contributed by atoms with van der Waals surface area (Å²) in [5.74, 6) is -4.70. The zero-order chi connectivity index (χ0) is 19.6. The van der Waals surface area contributed by atoms with Crippen LogP contribution in [-0.2, 0) is 4.79 Å². The second-order valence-corrected chi connectivity index (χ2v) is 7.66. The Morgan fingerprint density at radius 2 is 1.63 bits per heavy atom. The molecule has 1 aliphatic heterocycles. The molecule has 5 nitrogen and oxygen atoms in total. The highest BCUT2D eigenvalue weighted by atomic mass is 35.5. The van der Waals surface area contributed by atoms with Gasteiger partial charge in [-0.05, 0) is 24.3 Å². The average molecular weight is 408 g/mol. The van der Waals surface area contributed by atoms with Crippen molar-refractivity contribution in [3.8, 4) is 0 Å². The van der Waals surface area contributed by atoms with Crippen LogP contribution in [0.25, 0.3) is 0 Å². The van der Waals surface area contributed by atoms with Crippen molar-refractivity contribution in [3.63, 3.8) is 0 Å². The largest absolute Gasteiger partial charge is 0.349 e. The van der Waals surface area contributed by atoms with Gasteiger partial charge in [-0.3, -0.25) is 9.59 Å². The van der Waals surface area contributed by atoms with E-state index >= 15 is 0 Å². The van der Waals surface area contributed by atoms with E-state index in [2.05, 4.69) is 5.32 Å². The van der Waals surface area contributed by atoms with E-state index in [4.69, 9.17) is 5.73 Å². The third kappa shape index (κ3) is 5.59. The van der Waals surface area contributed by atoms with Gasteiger partial charge in [-0.25, -0.2) is 13.2 Å². The lowest BCUT2D eigenvalue weighted by Crippen LogP contribution is -2.54. The molecule has 1 aliphatic rings. The van der Waals surface area contributed by atoms with E-state index in [0.29, 0.717) is 38.1 Å². The van der Waals surface area contributed by atoms with Crippen molar-refractivity contribution in [2.45, 2.75) is 45.7 Å². The maximum Gasteiger partial charge on any atom is 0.254 e. The molecule has 2 amide bonds. The highest BCUT2D eigenvalue weighted by molar-refractivity contribution is 5.94. The molecule has 1 saturated heterocycles. The number of benzene rings is 1. The van der Waals surface area contributed by atoms with Gasteiger partial charge in [0.25, 0.3) is 5.91 Å². The van der Waals surface area contributed by atoms with Gasteiger partial charge >= 0.3 is 0 Å². The number of amides is 2. The standard InChI is InChI=1S/C18H24F3N3O2.ClH/c1-18(2,3)15(22)17(26)24-6-4-10(5-7-24)23-16(25)11-8-13(20)14(21)9-12(11)19;/h8-10,15H,4-7,22H2,1-3H3,(H,23,25);1H/t15-;/m1./s1. The molecule has 0 radical (unpaired) electrons. The summed E-state index contributed by atoms with van der Waals surface area (Å²) in [6.45, 7) is 6.48. The Morgan fingerprint density at radius 3 is 2.15 bits per heavy atom. The van der Waals surface area contributed by atoms with Crippen LogP contribution in [0.5, 0.6) is 0 Å². The Kier molecular flexibility index (Phi) is 7.68. The SMILES string of the molecule is CC(C)(C)[C@H](N)C(=O)N1CCC(NC(=O)c2cc(F)c(F)cc2F)CC1.Cl. The quantitative estimate of drug-likeness (QED) is 0.756. The summed E-state index contributed by atoms with van der Waals surface area (Å²) in [5, 5.41) is 2.60. The van der Waals surface area contributed by atoms with E-state index in [1.165, 1.54) is 0 Å². The van der Waals surface area contributed by atoms with Crippen molar-refractivity contribution in [1.29, 1.82) is 0 Å². The fourth-order valence-electron chi connectivity index (χ4n) is 2.77. The molecular formula is C18H25ClF3N3O2. The summed E-state index contributed by atoms with van der Waals surface area (Å²) >= 11 is 0. The fraction of sp³-hybridized carbons (Fsp3) is 0.556. The molecule has 3 N–H and O–H groups in total. The van der Waals surface area contributed by atoms with Gasteiger partial charge in [0.1, 0.15) is 5.82 Å². The molecule has 152 valence electrons. The molecule has 0 aromatic heterocycles. The fourth-order valence-corrected chi connectivity index (χ4v) is 2.77. The minimum atomic E-state index is -1.35. The van der Waals surface area contributed by atoms with Crippen molar-refractivity contribution >= 4 is 24.2 Å². The first-order chi connectivity index (χ1) is 12.0. The number of carbonyl (C=O) groups excluding carboxylic acids is 2. The van der Waals surface area contributed by atoms with Crippen LogP contribution in [-0.4, -0.2) is 41.9 Å². The van der Waals surface area contributed by atoms with Crippen LogP contribution >= 0.6 is 12.4 Å². The van der Waals surface area contributed by atoms with E-state index in [0.717, 1.165) is 0 Å². The minimum Gasteiger partial charge on any atom is -0.349 e. The first-order valence-corrected chi connectivity index (χ1v) is 8.50. The van der Waals surface area contributed by atoms with E-state index in [1.54, 1.807) is 4.90 Å². The normalized spacial score (nSPS) is 16.5. The molecule has 0 bridgehead atoms. The predicted octanol–water partition coefficient (Wildman–Crippen LogP) is 2.62. The second kappa shape index (κ2) is 8.93. The second-order valence-electron chi connectivity index (χ2n) is 7.66. The highest BCUT2D eigenvalue weighted by Gasteiger charge is 2.33. The Hall–Kier alpha value is -1.80. The molecule has 0 saturated carbocycles. The van der Waals surface area contributed by atoms with Crippen molar-refractivity contribution in [1.82, 2.24) is 10.2 Å². The van der Waals surface area contributed by atoms with Crippen LogP contribution in [0.4, 0.5) is 13.2 Å². The van der Waals surface area contributed by atoms with Gasteiger partial charge < -0.3 is 16.0 Å². The lowest BCUT2D eigenvalue weighted by atomic mass is 9.86. The molecule has 1 aromatic carbocycles. The van der Waals surface area contributed by atoms with Gasteiger partial charge in [0.05, 0.1) is 11.6 Å². The monoisotopic (exact) mass is 407 g/mol. The van der Waals surface area contributed by atoms with E-state index in [9.17, 15) is 22.8 Å². The van der Waals surface area contributed by atoms with Crippen LogP contribution in [0.2, 0.25) is 0 Å². The number of nitrogens with two attached hydrogens (primary N) is 1. The van der Waals surface area contributed by atoms with Crippen molar-refractivity contribution in [2.24, 2.45) is 11.1 Å².